The summed E-state index contributed by atoms with van der Waals surface area (Å²) in [5.41, 5.74) is 1.38. The number of cyclic esters (lactones) is 1. The van der Waals surface area contributed by atoms with Crippen molar-refractivity contribution in [2.24, 2.45) is 0 Å². The van der Waals surface area contributed by atoms with Crippen molar-refractivity contribution in [3.63, 3.8) is 0 Å². The van der Waals surface area contributed by atoms with Crippen LogP contribution in [0.15, 0.2) is 48.5 Å². The summed E-state index contributed by atoms with van der Waals surface area (Å²) in [5.74, 6) is -1.55. The van der Waals surface area contributed by atoms with Gasteiger partial charge in [-0.2, -0.15) is 0 Å². The first-order valence-electron chi connectivity index (χ1n) is 7.27. The molecule has 2 aromatic rings. The maximum atomic E-state index is 12.2. The third-order valence-corrected chi connectivity index (χ3v) is 3.54. The minimum atomic E-state index is -4.78. The van der Waals surface area contributed by atoms with Gasteiger partial charge in [-0.05, 0) is 35.9 Å². The molecular formula is C17H12F3NO4. The van der Waals surface area contributed by atoms with Crippen molar-refractivity contribution in [2.75, 3.05) is 5.32 Å². The highest BCUT2D eigenvalue weighted by atomic mass is 19.4. The molecule has 0 bridgehead atoms. The molecule has 2 aromatic carbocycles. The number of ether oxygens (including phenoxy) is 2. The molecule has 1 amide bonds. The quantitative estimate of drug-likeness (QED) is 0.862. The van der Waals surface area contributed by atoms with Crippen molar-refractivity contribution >= 4 is 17.6 Å². The molecule has 1 unspecified atom stereocenters. The Bertz CT molecular complexity index is 802. The molecule has 1 aliphatic rings. The fourth-order valence-corrected chi connectivity index (χ4v) is 2.44. The topological polar surface area (TPSA) is 64.6 Å². The number of hydrogen-bond acceptors (Lipinski definition) is 4. The first-order chi connectivity index (χ1) is 11.8. The van der Waals surface area contributed by atoms with Crippen LogP contribution in [0.4, 0.5) is 18.9 Å². The normalized spacial score (nSPS) is 16.6. The largest absolute Gasteiger partial charge is 0.573 e. The van der Waals surface area contributed by atoms with Crippen LogP contribution in [-0.4, -0.2) is 24.3 Å². The summed E-state index contributed by atoms with van der Waals surface area (Å²) >= 11 is 0. The average Bonchev–Trinajstić information content (AvgIpc) is 2.55. The van der Waals surface area contributed by atoms with Crippen LogP contribution in [0, 0.1) is 0 Å². The maximum absolute atomic E-state index is 12.2. The summed E-state index contributed by atoms with van der Waals surface area (Å²) in [7, 11) is 0. The van der Waals surface area contributed by atoms with Crippen molar-refractivity contribution in [3.8, 4) is 5.75 Å². The third kappa shape index (κ3) is 4.09. The van der Waals surface area contributed by atoms with Crippen LogP contribution in [0.1, 0.15) is 15.9 Å². The van der Waals surface area contributed by atoms with E-state index < -0.39 is 30.1 Å². The fraction of sp³-hybridized carbons (Fsp3) is 0.176. The van der Waals surface area contributed by atoms with E-state index in [1.807, 2.05) is 0 Å². The van der Waals surface area contributed by atoms with E-state index in [1.165, 1.54) is 12.1 Å². The molecule has 0 saturated carbocycles. The number of anilines is 1. The summed E-state index contributed by atoms with van der Waals surface area (Å²) < 4.78 is 45.2. The van der Waals surface area contributed by atoms with Crippen LogP contribution in [0.5, 0.6) is 5.75 Å². The van der Waals surface area contributed by atoms with Crippen LogP contribution in [0.25, 0.3) is 0 Å². The molecule has 5 nitrogen and oxygen atoms in total. The van der Waals surface area contributed by atoms with E-state index in [2.05, 4.69) is 10.1 Å². The molecule has 8 heteroatoms. The highest BCUT2D eigenvalue weighted by molar-refractivity contribution is 6.00. The van der Waals surface area contributed by atoms with Gasteiger partial charge in [0.1, 0.15) is 5.75 Å². The Kier molecular flexibility index (Phi) is 4.35. The number of hydrogen-bond donors (Lipinski definition) is 1. The van der Waals surface area contributed by atoms with E-state index in [4.69, 9.17) is 4.74 Å². The van der Waals surface area contributed by atoms with Gasteiger partial charge in [0, 0.05) is 12.1 Å². The number of carbonyl (C=O) groups excluding carboxylic acids is 2. The van der Waals surface area contributed by atoms with E-state index in [9.17, 15) is 22.8 Å². The lowest BCUT2D eigenvalue weighted by atomic mass is 9.98. The summed E-state index contributed by atoms with van der Waals surface area (Å²) in [5, 5.41) is 2.50. The van der Waals surface area contributed by atoms with Crippen LogP contribution in [0.3, 0.4) is 0 Å². The molecule has 0 aromatic heterocycles. The van der Waals surface area contributed by atoms with Gasteiger partial charge >= 0.3 is 12.3 Å². The van der Waals surface area contributed by atoms with Crippen molar-refractivity contribution in [2.45, 2.75) is 18.9 Å². The second-order valence-corrected chi connectivity index (χ2v) is 5.32. The number of esters is 1. The van der Waals surface area contributed by atoms with Gasteiger partial charge in [0.15, 0.2) is 6.10 Å². The van der Waals surface area contributed by atoms with E-state index in [-0.39, 0.29) is 12.1 Å². The van der Waals surface area contributed by atoms with Crippen molar-refractivity contribution in [1.82, 2.24) is 0 Å². The second-order valence-electron chi connectivity index (χ2n) is 5.32. The molecule has 1 atom stereocenters. The number of fused-ring (bicyclic) bond motifs is 1. The minimum Gasteiger partial charge on any atom is -0.448 e. The van der Waals surface area contributed by atoms with Crippen LogP contribution in [-0.2, 0) is 16.0 Å². The molecular weight excluding hydrogens is 339 g/mol. The van der Waals surface area contributed by atoms with E-state index in [0.29, 0.717) is 11.1 Å². The SMILES string of the molecule is O=C1OC(C(=O)Nc2ccc(OC(F)(F)F)cc2)Cc2ccccc21. The van der Waals surface area contributed by atoms with Gasteiger partial charge in [-0.15, -0.1) is 13.2 Å². The molecule has 0 radical (unpaired) electrons. The number of halogens is 3. The first-order valence-corrected chi connectivity index (χ1v) is 7.27. The molecule has 0 spiro atoms. The molecule has 1 aliphatic heterocycles. The smallest absolute Gasteiger partial charge is 0.448 e. The zero-order valence-corrected chi connectivity index (χ0v) is 12.7. The Hall–Kier alpha value is -3.03. The Labute approximate surface area is 140 Å². The Morgan fingerprint density at radius 2 is 1.80 bits per heavy atom. The Morgan fingerprint density at radius 1 is 1.12 bits per heavy atom. The molecule has 0 saturated heterocycles. The third-order valence-electron chi connectivity index (χ3n) is 3.54. The van der Waals surface area contributed by atoms with Crippen molar-refractivity contribution in [1.29, 1.82) is 0 Å². The van der Waals surface area contributed by atoms with Crippen molar-refractivity contribution in [3.05, 3.63) is 59.7 Å². The number of amides is 1. The number of nitrogens with one attached hydrogen (secondary N) is 1. The minimum absolute atomic E-state index is 0.225. The highest BCUT2D eigenvalue weighted by Gasteiger charge is 2.32. The van der Waals surface area contributed by atoms with Gasteiger partial charge < -0.3 is 14.8 Å². The number of rotatable bonds is 3. The fourth-order valence-electron chi connectivity index (χ4n) is 2.44. The van der Waals surface area contributed by atoms with Crippen molar-refractivity contribution < 1.29 is 32.2 Å². The summed E-state index contributed by atoms with van der Waals surface area (Å²) in [6.07, 6.45) is -5.56. The van der Waals surface area contributed by atoms with Gasteiger partial charge in [-0.25, -0.2) is 4.79 Å². The number of alkyl halides is 3. The van der Waals surface area contributed by atoms with Crippen LogP contribution >= 0.6 is 0 Å². The highest BCUT2D eigenvalue weighted by Crippen LogP contribution is 2.25. The van der Waals surface area contributed by atoms with Gasteiger partial charge in [-0.1, -0.05) is 18.2 Å². The van der Waals surface area contributed by atoms with E-state index >= 15 is 0 Å². The predicted octanol–water partition coefficient (Wildman–Crippen LogP) is 3.31. The van der Waals surface area contributed by atoms with Gasteiger partial charge in [0.25, 0.3) is 5.91 Å². The first kappa shape index (κ1) is 16.8. The van der Waals surface area contributed by atoms with Gasteiger partial charge in [0.2, 0.25) is 0 Å². The molecule has 1 N–H and O–H groups in total. The molecule has 1 heterocycles. The second kappa shape index (κ2) is 6.46. The molecule has 130 valence electrons. The lowest BCUT2D eigenvalue weighted by molar-refractivity contribution is -0.274. The Balaban J connectivity index is 1.66. The number of carbonyl (C=O) groups is 2. The predicted molar refractivity (Wildman–Crippen MR) is 81.1 cm³/mol. The number of benzene rings is 2. The molecule has 0 fully saturated rings. The molecule has 25 heavy (non-hydrogen) atoms. The average molecular weight is 351 g/mol. The lowest BCUT2D eigenvalue weighted by Gasteiger charge is -2.23. The molecule has 3 rings (SSSR count). The summed E-state index contributed by atoms with van der Waals surface area (Å²) in [6, 6.07) is 11.5. The van der Waals surface area contributed by atoms with Crippen LogP contribution in [0.2, 0.25) is 0 Å². The van der Waals surface area contributed by atoms with Gasteiger partial charge in [-0.3, -0.25) is 4.79 Å². The van der Waals surface area contributed by atoms with E-state index in [0.717, 1.165) is 12.1 Å². The zero-order valence-electron chi connectivity index (χ0n) is 12.7. The standard InChI is InChI=1S/C17H12F3NO4/c18-17(19,20)25-12-7-5-11(6-8-12)21-15(22)14-9-10-3-1-2-4-13(10)16(23)24-14/h1-8,14H,9H2,(H,21,22). The monoisotopic (exact) mass is 351 g/mol. The Morgan fingerprint density at radius 3 is 2.48 bits per heavy atom. The lowest BCUT2D eigenvalue weighted by Crippen LogP contribution is -2.37. The van der Waals surface area contributed by atoms with Gasteiger partial charge in [0.05, 0.1) is 5.56 Å². The summed E-state index contributed by atoms with van der Waals surface area (Å²) in [6.45, 7) is 0. The molecule has 0 aliphatic carbocycles. The maximum Gasteiger partial charge on any atom is 0.573 e. The van der Waals surface area contributed by atoms with Crippen LogP contribution < -0.4 is 10.1 Å². The zero-order chi connectivity index (χ0) is 18.0. The summed E-state index contributed by atoms with van der Waals surface area (Å²) in [4.78, 5) is 24.1. The van der Waals surface area contributed by atoms with E-state index in [1.54, 1.807) is 24.3 Å².